The van der Waals surface area contributed by atoms with E-state index in [0.717, 1.165) is 18.9 Å². The predicted molar refractivity (Wildman–Crippen MR) is 87.1 cm³/mol. The molecular weight excluding hydrogens is 258 g/mol. The van der Waals surface area contributed by atoms with Gasteiger partial charge in [-0.15, -0.1) is 0 Å². The van der Waals surface area contributed by atoms with Gasteiger partial charge in [-0.05, 0) is 50.0 Å². The minimum Gasteiger partial charge on any atom is -0.375 e. The summed E-state index contributed by atoms with van der Waals surface area (Å²) < 4.78 is 6.20. The van der Waals surface area contributed by atoms with Gasteiger partial charge in [-0.3, -0.25) is 0 Å². The Kier molecular flexibility index (Phi) is 4.97. The fourth-order valence-electron chi connectivity index (χ4n) is 4.20. The molecule has 1 spiro atoms. The van der Waals surface area contributed by atoms with Crippen LogP contribution in [-0.2, 0) is 4.74 Å². The van der Waals surface area contributed by atoms with E-state index in [1.54, 1.807) is 0 Å². The van der Waals surface area contributed by atoms with Gasteiger partial charge in [0, 0.05) is 12.6 Å². The Morgan fingerprint density at radius 3 is 2.67 bits per heavy atom. The Morgan fingerprint density at radius 2 is 1.90 bits per heavy atom. The zero-order valence-electron chi connectivity index (χ0n) is 13.1. The zero-order chi connectivity index (χ0) is 14.5. The zero-order valence-corrected chi connectivity index (χ0v) is 13.1. The van der Waals surface area contributed by atoms with Crippen molar-refractivity contribution in [2.75, 3.05) is 6.61 Å². The van der Waals surface area contributed by atoms with Crippen molar-refractivity contribution in [3.05, 3.63) is 35.9 Å². The molecule has 1 aliphatic carbocycles. The Bertz CT molecular complexity index is 419. The molecule has 2 nitrogen and oxygen atoms in total. The summed E-state index contributed by atoms with van der Waals surface area (Å²) in [6.45, 7) is 0.964. The van der Waals surface area contributed by atoms with E-state index in [2.05, 4.69) is 30.3 Å². The van der Waals surface area contributed by atoms with Crippen LogP contribution >= 0.6 is 0 Å². The van der Waals surface area contributed by atoms with Gasteiger partial charge < -0.3 is 10.5 Å². The minimum absolute atomic E-state index is 0.191. The van der Waals surface area contributed by atoms with Gasteiger partial charge in [-0.2, -0.15) is 0 Å². The number of nitrogens with two attached hydrogens (primary N) is 1. The highest BCUT2D eigenvalue weighted by Crippen LogP contribution is 2.42. The van der Waals surface area contributed by atoms with Gasteiger partial charge >= 0.3 is 0 Å². The third-order valence-corrected chi connectivity index (χ3v) is 5.47. The van der Waals surface area contributed by atoms with E-state index in [-0.39, 0.29) is 11.6 Å². The first kappa shape index (κ1) is 15.1. The Morgan fingerprint density at radius 1 is 1.14 bits per heavy atom. The molecule has 1 saturated carbocycles. The smallest absolute Gasteiger partial charge is 0.0685 e. The highest BCUT2D eigenvalue weighted by molar-refractivity contribution is 5.18. The van der Waals surface area contributed by atoms with Crippen LogP contribution in [0, 0.1) is 5.92 Å². The van der Waals surface area contributed by atoms with Gasteiger partial charge in [-0.25, -0.2) is 0 Å². The van der Waals surface area contributed by atoms with Crippen molar-refractivity contribution >= 4 is 0 Å². The van der Waals surface area contributed by atoms with Crippen molar-refractivity contribution in [1.29, 1.82) is 0 Å². The van der Waals surface area contributed by atoms with Crippen LogP contribution in [0.3, 0.4) is 0 Å². The van der Waals surface area contributed by atoms with Crippen LogP contribution < -0.4 is 5.73 Å². The molecule has 1 heterocycles. The van der Waals surface area contributed by atoms with Crippen LogP contribution in [0.5, 0.6) is 0 Å². The second kappa shape index (κ2) is 6.93. The molecule has 1 aliphatic heterocycles. The maximum atomic E-state index is 6.35. The number of benzene rings is 1. The fourth-order valence-corrected chi connectivity index (χ4v) is 4.20. The molecule has 2 fully saturated rings. The molecule has 116 valence electrons. The van der Waals surface area contributed by atoms with Crippen molar-refractivity contribution in [3.8, 4) is 0 Å². The summed E-state index contributed by atoms with van der Waals surface area (Å²) in [5.41, 5.74) is 7.86. The van der Waals surface area contributed by atoms with Crippen molar-refractivity contribution in [3.63, 3.8) is 0 Å². The molecule has 2 heteroatoms. The van der Waals surface area contributed by atoms with E-state index in [0.29, 0.717) is 0 Å². The van der Waals surface area contributed by atoms with E-state index in [1.807, 2.05) is 0 Å². The third-order valence-electron chi connectivity index (χ3n) is 5.47. The van der Waals surface area contributed by atoms with E-state index >= 15 is 0 Å². The number of rotatable bonds is 4. The average Bonchev–Trinajstić information content (AvgIpc) is 2.54. The van der Waals surface area contributed by atoms with Crippen LogP contribution in [0.15, 0.2) is 30.3 Å². The molecule has 0 radical (unpaired) electrons. The summed E-state index contributed by atoms with van der Waals surface area (Å²) in [6, 6.07) is 10.7. The lowest BCUT2D eigenvalue weighted by Gasteiger charge is -2.43. The molecule has 2 unspecified atom stereocenters. The maximum absolute atomic E-state index is 6.35. The molecular formula is C19H29NO. The summed E-state index contributed by atoms with van der Waals surface area (Å²) in [4.78, 5) is 0. The first-order valence-electron chi connectivity index (χ1n) is 8.72. The lowest BCUT2D eigenvalue weighted by atomic mass is 9.74. The van der Waals surface area contributed by atoms with Crippen molar-refractivity contribution in [1.82, 2.24) is 0 Å². The van der Waals surface area contributed by atoms with Gasteiger partial charge in [0.15, 0.2) is 0 Å². The average molecular weight is 287 g/mol. The van der Waals surface area contributed by atoms with Crippen LogP contribution in [0.25, 0.3) is 0 Å². The van der Waals surface area contributed by atoms with Gasteiger partial charge in [0.2, 0.25) is 0 Å². The van der Waals surface area contributed by atoms with Gasteiger partial charge in [-0.1, -0.05) is 49.6 Å². The quantitative estimate of drug-likeness (QED) is 0.878. The first-order valence-corrected chi connectivity index (χ1v) is 8.72. The summed E-state index contributed by atoms with van der Waals surface area (Å²) in [5, 5.41) is 0. The van der Waals surface area contributed by atoms with Crippen molar-refractivity contribution in [2.45, 2.75) is 69.4 Å². The first-order chi connectivity index (χ1) is 10.3. The van der Waals surface area contributed by atoms with Crippen molar-refractivity contribution in [2.24, 2.45) is 11.7 Å². The monoisotopic (exact) mass is 287 g/mol. The van der Waals surface area contributed by atoms with Crippen LogP contribution in [0.4, 0.5) is 0 Å². The summed E-state index contributed by atoms with van der Waals surface area (Å²) >= 11 is 0. The molecule has 2 aliphatic rings. The summed E-state index contributed by atoms with van der Waals surface area (Å²) in [5.74, 6) is 0.812. The van der Waals surface area contributed by atoms with Gasteiger partial charge in [0.1, 0.15) is 0 Å². The van der Waals surface area contributed by atoms with Crippen LogP contribution in [-0.4, -0.2) is 12.2 Å². The number of hydrogen-bond acceptors (Lipinski definition) is 2. The standard InChI is InChI=1S/C19H29NO/c20-18(17-7-3-1-4-8-17)10-9-16-11-14-21-19(15-16)12-5-2-6-13-19/h1,3-4,7-8,16,18H,2,5-6,9-15,20H2. The lowest BCUT2D eigenvalue weighted by molar-refractivity contribution is -0.118. The molecule has 1 saturated heterocycles. The van der Waals surface area contributed by atoms with E-state index in [9.17, 15) is 0 Å². The molecule has 21 heavy (non-hydrogen) atoms. The van der Waals surface area contributed by atoms with E-state index in [4.69, 9.17) is 10.5 Å². The Balaban J connectivity index is 1.51. The van der Waals surface area contributed by atoms with Crippen LogP contribution in [0.2, 0.25) is 0 Å². The molecule has 1 aromatic rings. The maximum Gasteiger partial charge on any atom is 0.0685 e. The molecule has 3 rings (SSSR count). The molecule has 1 aromatic carbocycles. The highest BCUT2D eigenvalue weighted by Gasteiger charge is 2.38. The normalized spacial score (nSPS) is 26.6. The van der Waals surface area contributed by atoms with Gasteiger partial charge in [0.25, 0.3) is 0 Å². The van der Waals surface area contributed by atoms with Crippen molar-refractivity contribution < 1.29 is 4.74 Å². The molecule has 0 aromatic heterocycles. The summed E-state index contributed by atoms with van der Waals surface area (Å²) in [7, 11) is 0. The van der Waals surface area contributed by atoms with E-state index < -0.39 is 0 Å². The topological polar surface area (TPSA) is 35.2 Å². The number of ether oxygens (including phenoxy) is 1. The summed E-state index contributed by atoms with van der Waals surface area (Å²) in [6.07, 6.45) is 11.5. The second-order valence-corrected chi connectivity index (χ2v) is 7.05. The lowest BCUT2D eigenvalue weighted by Crippen LogP contribution is -2.41. The number of hydrogen-bond donors (Lipinski definition) is 1. The van der Waals surface area contributed by atoms with Gasteiger partial charge in [0.05, 0.1) is 5.60 Å². The SMILES string of the molecule is NC(CCC1CCOC2(CCCCC2)C1)c1ccccc1. The fraction of sp³-hybridized carbons (Fsp3) is 0.684. The molecule has 0 amide bonds. The largest absolute Gasteiger partial charge is 0.375 e. The minimum atomic E-state index is 0.191. The predicted octanol–water partition coefficient (Wildman–Crippen LogP) is 4.60. The molecule has 2 N–H and O–H groups in total. The highest BCUT2D eigenvalue weighted by atomic mass is 16.5. The Labute approximate surface area is 129 Å². The second-order valence-electron chi connectivity index (χ2n) is 7.05. The third kappa shape index (κ3) is 3.87. The molecule has 0 bridgehead atoms. The van der Waals surface area contributed by atoms with Crippen LogP contribution in [0.1, 0.15) is 69.4 Å². The Hall–Kier alpha value is -0.860. The molecule has 2 atom stereocenters. The van der Waals surface area contributed by atoms with E-state index in [1.165, 1.54) is 56.9 Å².